The van der Waals surface area contributed by atoms with E-state index in [4.69, 9.17) is 0 Å². The fraction of sp³-hybridized carbons (Fsp3) is 0.852. The van der Waals surface area contributed by atoms with Crippen LogP contribution in [0, 0.1) is 35.5 Å². The van der Waals surface area contributed by atoms with E-state index in [0.717, 1.165) is 51.1 Å². The molecule has 1 aromatic rings. The minimum atomic E-state index is -0.889. The van der Waals surface area contributed by atoms with E-state index in [1.54, 1.807) is 0 Å². The van der Waals surface area contributed by atoms with Gasteiger partial charge in [0.15, 0.2) is 6.30 Å². The number of imidazole rings is 1. The Morgan fingerprint density at radius 2 is 2.00 bits per heavy atom. The summed E-state index contributed by atoms with van der Waals surface area (Å²) in [5, 5.41) is 10.4. The molecular formula is C27H44FN5O. The van der Waals surface area contributed by atoms with E-state index in [2.05, 4.69) is 39.3 Å². The smallest absolute Gasteiger partial charge is 0.223 e. The number of alkyl halides is 1. The van der Waals surface area contributed by atoms with Crippen LogP contribution in [0.2, 0.25) is 0 Å². The molecule has 2 aliphatic carbocycles. The SMILES string of the molecule is CC1CCNC(C(NC(=O)C2CC(Cn3ccnc3)CC(C3CCC(F)NC3C)C2)C2CC2)C1. The van der Waals surface area contributed by atoms with Crippen LogP contribution in [0.25, 0.3) is 0 Å². The molecule has 2 saturated heterocycles. The maximum atomic E-state index is 13.9. The number of nitrogens with zero attached hydrogens (tertiary/aromatic N) is 2. The van der Waals surface area contributed by atoms with Gasteiger partial charge in [-0.3, -0.25) is 10.1 Å². The topological polar surface area (TPSA) is 71.0 Å². The van der Waals surface area contributed by atoms with Gasteiger partial charge in [0, 0.05) is 43.0 Å². The monoisotopic (exact) mass is 473 g/mol. The summed E-state index contributed by atoms with van der Waals surface area (Å²) in [6.45, 7) is 6.44. The van der Waals surface area contributed by atoms with E-state index in [0.29, 0.717) is 36.1 Å². The predicted octanol–water partition coefficient (Wildman–Crippen LogP) is 3.88. The molecule has 0 aromatic carbocycles. The number of nitrogens with one attached hydrogen (secondary N) is 3. The quantitative estimate of drug-likeness (QED) is 0.526. The molecule has 2 saturated carbocycles. The highest BCUT2D eigenvalue weighted by Crippen LogP contribution is 2.43. The van der Waals surface area contributed by atoms with Gasteiger partial charge in [-0.1, -0.05) is 6.92 Å². The first-order chi connectivity index (χ1) is 16.5. The molecule has 0 bridgehead atoms. The highest BCUT2D eigenvalue weighted by molar-refractivity contribution is 5.79. The van der Waals surface area contributed by atoms with Crippen LogP contribution >= 0.6 is 0 Å². The Balaban J connectivity index is 1.28. The van der Waals surface area contributed by atoms with Crippen LogP contribution in [0.15, 0.2) is 18.7 Å². The summed E-state index contributed by atoms with van der Waals surface area (Å²) in [6, 6.07) is 0.840. The number of carbonyl (C=O) groups excluding carboxylic acids is 1. The highest BCUT2D eigenvalue weighted by Gasteiger charge is 2.43. The van der Waals surface area contributed by atoms with Gasteiger partial charge in [0.1, 0.15) is 0 Å². The minimum absolute atomic E-state index is 0.0461. The standard InChI is InChI=1S/C27H44FN5O/c1-17-7-8-30-24(11-17)26(20-3-4-20)32-27(34)22-13-19(15-33-10-9-29-16-33)12-21(14-22)23-5-6-25(28)31-18(23)2/h9-10,16-26,30-31H,3-8,11-15H2,1-2H3,(H,32,34). The van der Waals surface area contributed by atoms with Crippen LogP contribution in [-0.2, 0) is 11.3 Å². The molecule has 190 valence electrons. The third kappa shape index (κ3) is 5.84. The molecule has 1 aromatic heterocycles. The van der Waals surface area contributed by atoms with Crippen molar-refractivity contribution in [1.82, 2.24) is 25.5 Å². The van der Waals surface area contributed by atoms with Gasteiger partial charge in [0.25, 0.3) is 0 Å². The lowest BCUT2D eigenvalue weighted by atomic mass is 9.66. The molecule has 3 heterocycles. The van der Waals surface area contributed by atoms with Crippen LogP contribution in [-0.4, -0.2) is 46.4 Å². The second-order valence-corrected chi connectivity index (χ2v) is 12.0. The lowest BCUT2D eigenvalue weighted by Crippen LogP contribution is -2.55. The summed E-state index contributed by atoms with van der Waals surface area (Å²) in [4.78, 5) is 18.0. The van der Waals surface area contributed by atoms with Crippen LogP contribution in [0.4, 0.5) is 4.39 Å². The maximum absolute atomic E-state index is 13.9. The van der Waals surface area contributed by atoms with Crippen molar-refractivity contribution >= 4 is 5.91 Å². The second kappa shape index (κ2) is 10.7. The van der Waals surface area contributed by atoms with Crippen molar-refractivity contribution in [3.63, 3.8) is 0 Å². The van der Waals surface area contributed by atoms with E-state index in [-0.39, 0.29) is 23.9 Å². The Labute approximate surface area is 204 Å². The molecule has 0 radical (unpaired) electrons. The Morgan fingerprint density at radius 3 is 2.71 bits per heavy atom. The number of rotatable bonds is 7. The molecule has 1 amide bonds. The van der Waals surface area contributed by atoms with Crippen LogP contribution in [0.5, 0.6) is 0 Å². The zero-order valence-electron chi connectivity index (χ0n) is 21.0. The molecule has 34 heavy (non-hydrogen) atoms. The number of halogens is 1. The fourth-order valence-electron chi connectivity index (χ4n) is 7.32. The summed E-state index contributed by atoms with van der Waals surface area (Å²) in [7, 11) is 0. The normalized spacial score (nSPS) is 40.0. The van der Waals surface area contributed by atoms with Crippen molar-refractivity contribution in [1.29, 1.82) is 0 Å². The number of carbonyl (C=O) groups is 1. The zero-order chi connectivity index (χ0) is 23.7. The summed E-state index contributed by atoms with van der Waals surface area (Å²) >= 11 is 0. The van der Waals surface area contributed by atoms with E-state index in [1.807, 2.05) is 18.7 Å². The third-order valence-corrected chi connectivity index (χ3v) is 9.26. The van der Waals surface area contributed by atoms with Crippen LogP contribution in [0.1, 0.15) is 71.6 Å². The molecule has 4 aliphatic rings. The molecule has 7 heteroatoms. The van der Waals surface area contributed by atoms with Crippen molar-refractivity contribution in [2.24, 2.45) is 35.5 Å². The molecular weight excluding hydrogens is 429 g/mol. The maximum Gasteiger partial charge on any atom is 0.223 e. The molecule has 9 unspecified atom stereocenters. The molecule has 0 spiro atoms. The molecule has 9 atom stereocenters. The highest BCUT2D eigenvalue weighted by atomic mass is 19.1. The summed E-state index contributed by atoms with van der Waals surface area (Å²) in [6.07, 6.45) is 14.2. The van der Waals surface area contributed by atoms with Gasteiger partial charge < -0.3 is 15.2 Å². The van der Waals surface area contributed by atoms with Gasteiger partial charge in [-0.15, -0.1) is 0 Å². The largest absolute Gasteiger partial charge is 0.351 e. The van der Waals surface area contributed by atoms with E-state index in [1.165, 1.54) is 19.3 Å². The zero-order valence-corrected chi connectivity index (χ0v) is 21.0. The molecule has 2 aliphatic heterocycles. The molecule has 5 rings (SSSR count). The molecule has 3 N–H and O–H groups in total. The lowest BCUT2D eigenvalue weighted by molar-refractivity contribution is -0.129. The predicted molar refractivity (Wildman–Crippen MR) is 132 cm³/mol. The number of hydrogen-bond donors (Lipinski definition) is 3. The summed E-state index contributed by atoms with van der Waals surface area (Å²) in [5.74, 6) is 3.01. The van der Waals surface area contributed by atoms with E-state index < -0.39 is 6.30 Å². The average Bonchev–Trinajstić information content (AvgIpc) is 3.53. The Hall–Kier alpha value is -1.47. The first kappa shape index (κ1) is 24.2. The fourth-order valence-corrected chi connectivity index (χ4v) is 7.32. The van der Waals surface area contributed by atoms with Gasteiger partial charge in [-0.25, -0.2) is 9.37 Å². The second-order valence-electron chi connectivity index (χ2n) is 12.0. The number of aromatic nitrogens is 2. The van der Waals surface area contributed by atoms with Crippen molar-refractivity contribution in [2.45, 2.75) is 103 Å². The summed E-state index contributed by atoms with van der Waals surface area (Å²) in [5.41, 5.74) is 0. The van der Waals surface area contributed by atoms with Crippen LogP contribution < -0.4 is 16.0 Å². The number of amides is 1. The van der Waals surface area contributed by atoms with Gasteiger partial charge in [-0.05, 0) is 101 Å². The first-order valence-electron chi connectivity index (χ1n) is 13.9. The van der Waals surface area contributed by atoms with Crippen molar-refractivity contribution in [3.8, 4) is 0 Å². The summed E-state index contributed by atoms with van der Waals surface area (Å²) < 4.78 is 16.1. The Kier molecular flexibility index (Phi) is 7.59. The Morgan fingerprint density at radius 1 is 1.15 bits per heavy atom. The van der Waals surface area contributed by atoms with Gasteiger partial charge in [0.05, 0.1) is 6.33 Å². The lowest BCUT2D eigenvalue weighted by Gasteiger charge is -2.44. The Bertz CT molecular complexity index is 799. The minimum Gasteiger partial charge on any atom is -0.351 e. The van der Waals surface area contributed by atoms with Crippen LogP contribution in [0.3, 0.4) is 0 Å². The molecule has 4 fully saturated rings. The van der Waals surface area contributed by atoms with E-state index >= 15 is 0 Å². The third-order valence-electron chi connectivity index (χ3n) is 9.26. The van der Waals surface area contributed by atoms with Gasteiger partial charge in [0.2, 0.25) is 5.91 Å². The first-order valence-corrected chi connectivity index (χ1v) is 13.9. The van der Waals surface area contributed by atoms with Crippen molar-refractivity contribution in [2.75, 3.05) is 6.54 Å². The van der Waals surface area contributed by atoms with E-state index in [9.17, 15) is 9.18 Å². The van der Waals surface area contributed by atoms with Gasteiger partial charge >= 0.3 is 0 Å². The average molecular weight is 474 g/mol. The van der Waals surface area contributed by atoms with Crippen molar-refractivity contribution < 1.29 is 9.18 Å². The van der Waals surface area contributed by atoms with Crippen molar-refractivity contribution in [3.05, 3.63) is 18.7 Å². The number of piperidine rings is 2. The van der Waals surface area contributed by atoms with Gasteiger partial charge in [-0.2, -0.15) is 0 Å². The molecule has 6 nitrogen and oxygen atoms in total. The number of hydrogen-bond acceptors (Lipinski definition) is 4.